The minimum atomic E-state index is -4.02. The molecule has 3 rings (SSSR count). The van der Waals surface area contributed by atoms with Crippen LogP contribution in [0.5, 0.6) is 0 Å². The number of sulfonamides is 1. The highest BCUT2D eigenvalue weighted by molar-refractivity contribution is 7.89. The van der Waals surface area contributed by atoms with E-state index in [0.717, 1.165) is 6.07 Å². The molecule has 0 amide bonds. The Balaban J connectivity index is 1.91. The van der Waals surface area contributed by atoms with Crippen LogP contribution in [0.25, 0.3) is 0 Å². The predicted octanol–water partition coefficient (Wildman–Crippen LogP) is 2.32. The summed E-state index contributed by atoms with van der Waals surface area (Å²) in [5.74, 6) is -1.42. The van der Waals surface area contributed by atoms with Gasteiger partial charge in [-0.2, -0.15) is 0 Å². The van der Waals surface area contributed by atoms with E-state index < -0.39 is 28.4 Å². The van der Waals surface area contributed by atoms with E-state index >= 15 is 0 Å². The van der Waals surface area contributed by atoms with E-state index in [0.29, 0.717) is 32.0 Å². The van der Waals surface area contributed by atoms with Gasteiger partial charge in [-0.05, 0) is 30.3 Å². The molecule has 0 atom stereocenters. The molecule has 0 bridgehead atoms. The maximum atomic E-state index is 13.9. The summed E-state index contributed by atoms with van der Waals surface area (Å²) in [5.41, 5.74) is 0.536. The second-order valence-corrected chi connectivity index (χ2v) is 8.07. The zero-order valence-corrected chi connectivity index (χ0v) is 16.3. The largest absolute Gasteiger partial charge is 0.457 e. The summed E-state index contributed by atoms with van der Waals surface area (Å²) in [7, 11) is -4.02. The SMILES string of the molecule is NS(=O)(=O)c1ccc(N2CCOCC2)c(C(=O)OCc2c(F)cccc2Cl)c1. The average molecular weight is 429 g/mol. The smallest absolute Gasteiger partial charge is 0.340 e. The zero-order valence-electron chi connectivity index (χ0n) is 14.7. The van der Waals surface area contributed by atoms with Crippen molar-refractivity contribution in [3.05, 3.63) is 58.4 Å². The Bertz CT molecular complexity index is 973. The number of nitrogens with two attached hydrogens (primary N) is 1. The Morgan fingerprint density at radius 3 is 2.61 bits per heavy atom. The first-order valence-corrected chi connectivity index (χ1v) is 10.3. The summed E-state index contributed by atoms with van der Waals surface area (Å²) in [5, 5.41) is 5.30. The summed E-state index contributed by atoms with van der Waals surface area (Å²) in [6.07, 6.45) is 0. The Morgan fingerprint density at radius 2 is 1.96 bits per heavy atom. The molecule has 1 aliphatic heterocycles. The Morgan fingerprint density at radius 1 is 1.25 bits per heavy atom. The van der Waals surface area contributed by atoms with E-state index in [4.69, 9.17) is 26.2 Å². The number of nitrogens with zero attached hydrogens (tertiary/aromatic N) is 1. The molecule has 0 saturated carbocycles. The van der Waals surface area contributed by atoms with Crippen LogP contribution in [-0.4, -0.2) is 40.7 Å². The summed E-state index contributed by atoms with van der Waals surface area (Å²) < 4.78 is 47.8. The number of primary sulfonamides is 1. The molecule has 2 aromatic rings. The van der Waals surface area contributed by atoms with Crippen molar-refractivity contribution in [2.45, 2.75) is 11.5 Å². The first-order valence-electron chi connectivity index (χ1n) is 8.37. The maximum absolute atomic E-state index is 13.9. The van der Waals surface area contributed by atoms with Gasteiger partial charge in [0.15, 0.2) is 0 Å². The van der Waals surface area contributed by atoms with Gasteiger partial charge in [-0.1, -0.05) is 17.7 Å². The molecule has 10 heteroatoms. The fourth-order valence-corrected chi connectivity index (χ4v) is 3.58. The number of hydrogen-bond donors (Lipinski definition) is 1. The Kier molecular flexibility index (Phi) is 6.19. The molecule has 1 heterocycles. The molecule has 0 aliphatic carbocycles. The third-order valence-corrected chi connectivity index (χ3v) is 5.54. The average Bonchev–Trinajstić information content (AvgIpc) is 2.67. The number of hydrogen-bond acceptors (Lipinski definition) is 6. The van der Waals surface area contributed by atoms with Gasteiger partial charge < -0.3 is 14.4 Å². The lowest BCUT2D eigenvalue weighted by molar-refractivity contribution is 0.0468. The number of ether oxygens (including phenoxy) is 2. The van der Waals surface area contributed by atoms with Crippen LogP contribution in [0.15, 0.2) is 41.3 Å². The van der Waals surface area contributed by atoms with Crippen molar-refractivity contribution in [3.63, 3.8) is 0 Å². The molecule has 2 N–H and O–H groups in total. The standard InChI is InChI=1S/C18H18ClFN2O5S/c19-15-2-1-3-16(20)14(15)11-27-18(23)13-10-12(28(21,24)25)4-5-17(13)22-6-8-26-9-7-22/h1-5,10H,6-9,11H2,(H2,21,24,25). The Hall–Kier alpha value is -2.20. The van der Waals surface area contributed by atoms with E-state index in [1.807, 2.05) is 4.90 Å². The van der Waals surface area contributed by atoms with Crippen LogP contribution in [0.1, 0.15) is 15.9 Å². The second-order valence-electron chi connectivity index (χ2n) is 6.10. The second kappa shape index (κ2) is 8.44. The number of carbonyl (C=O) groups excluding carboxylic acids is 1. The number of rotatable bonds is 5. The fourth-order valence-electron chi connectivity index (χ4n) is 2.82. The molecule has 1 fully saturated rings. The van der Waals surface area contributed by atoms with Crippen LogP contribution in [0.3, 0.4) is 0 Å². The lowest BCUT2D eigenvalue weighted by atomic mass is 10.1. The molecule has 0 aromatic heterocycles. The first-order chi connectivity index (χ1) is 13.3. The third kappa shape index (κ3) is 4.61. The Labute approximate surface area is 166 Å². The highest BCUT2D eigenvalue weighted by Gasteiger charge is 2.23. The van der Waals surface area contributed by atoms with Gasteiger partial charge in [0.05, 0.1) is 34.4 Å². The van der Waals surface area contributed by atoms with Crippen molar-refractivity contribution in [3.8, 4) is 0 Å². The normalized spacial score (nSPS) is 14.8. The quantitative estimate of drug-likeness (QED) is 0.734. The monoisotopic (exact) mass is 428 g/mol. The van der Waals surface area contributed by atoms with Gasteiger partial charge in [-0.3, -0.25) is 0 Å². The highest BCUT2D eigenvalue weighted by atomic mass is 35.5. The van der Waals surface area contributed by atoms with Crippen LogP contribution >= 0.6 is 11.6 Å². The van der Waals surface area contributed by atoms with E-state index in [1.54, 1.807) is 0 Å². The minimum absolute atomic E-state index is 0.0147. The van der Waals surface area contributed by atoms with Crippen LogP contribution in [0.4, 0.5) is 10.1 Å². The fraction of sp³-hybridized carbons (Fsp3) is 0.278. The van der Waals surface area contributed by atoms with E-state index in [1.165, 1.54) is 30.3 Å². The first kappa shape index (κ1) is 20.5. The van der Waals surface area contributed by atoms with Crippen molar-refractivity contribution in [1.82, 2.24) is 0 Å². The topological polar surface area (TPSA) is 98.9 Å². The van der Waals surface area contributed by atoms with Gasteiger partial charge in [0.25, 0.3) is 0 Å². The summed E-state index contributed by atoms with van der Waals surface area (Å²) in [6, 6.07) is 8.10. The predicted molar refractivity (Wildman–Crippen MR) is 101 cm³/mol. The van der Waals surface area contributed by atoms with Crippen molar-refractivity contribution in [2.75, 3.05) is 31.2 Å². The molecule has 1 aliphatic rings. The van der Waals surface area contributed by atoms with E-state index in [9.17, 15) is 17.6 Å². The molecule has 28 heavy (non-hydrogen) atoms. The van der Waals surface area contributed by atoms with Crippen LogP contribution in [0, 0.1) is 5.82 Å². The number of anilines is 1. The molecule has 7 nitrogen and oxygen atoms in total. The van der Waals surface area contributed by atoms with Gasteiger partial charge in [-0.25, -0.2) is 22.7 Å². The molecule has 0 radical (unpaired) electrons. The van der Waals surface area contributed by atoms with Crippen molar-refractivity contribution in [1.29, 1.82) is 0 Å². The molecular weight excluding hydrogens is 411 g/mol. The number of benzene rings is 2. The number of morpholine rings is 1. The van der Waals surface area contributed by atoms with Gasteiger partial charge in [-0.15, -0.1) is 0 Å². The molecule has 0 unspecified atom stereocenters. The van der Waals surface area contributed by atoms with Gasteiger partial charge in [0, 0.05) is 18.7 Å². The molecular formula is C18H18ClFN2O5S. The van der Waals surface area contributed by atoms with Gasteiger partial charge in [0.2, 0.25) is 10.0 Å². The van der Waals surface area contributed by atoms with E-state index in [-0.39, 0.29) is 21.0 Å². The summed E-state index contributed by atoms with van der Waals surface area (Å²) in [6.45, 7) is 1.58. The van der Waals surface area contributed by atoms with Crippen LogP contribution < -0.4 is 10.0 Å². The zero-order chi connectivity index (χ0) is 20.3. The number of halogens is 2. The highest BCUT2D eigenvalue weighted by Crippen LogP contribution is 2.27. The maximum Gasteiger partial charge on any atom is 0.340 e. The number of esters is 1. The summed E-state index contributed by atoms with van der Waals surface area (Å²) >= 11 is 5.95. The molecule has 0 spiro atoms. The number of carbonyl (C=O) groups is 1. The molecule has 1 saturated heterocycles. The lowest BCUT2D eigenvalue weighted by Gasteiger charge is -2.30. The van der Waals surface area contributed by atoms with E-state index in [2.05, 4.69) is 0 Å². The van der Waals surface area contributed by atoms with Crippen molar-refractivity contribution in [2.24, 2.45) is 5.14 Å². The third-order valence-electron chi connectivity index (χ3n) is 4.28. The van der Waals surface area contributed by atoms with Crippen molar-refractivity contribution < 1.29 is 27.1 Å². The van der Waals surface area contributed by atoms with Crippen LogP contribution in [0.2, 0.25) is 5.02 Å². The van der Waals surface area contributed by atoms with Gasteiger partial charge in [0.1, 0.15) is 12.4 Å². The molecule has 150 valence electrons. The molecule has 2 aromatic carbocycles. The van der Waals surface area contributed by atoms with Gasteiger partial charge >= 0.3 is 5.97 Å². The lowest BCUT2D eigenvalue weighted by Crippen LogP contribution is -2.37. The minimum Gasteiger partial charge on any atom is -0.457 e. The van der Waals surface area contributed by atoms with Crippen molar-refractivity contribution >= 4 is 33.3 Å². The summed E-state index contributed by atoms with van der Waals surface area (Å²) in [4.78, 5) is 14.4. The van der Waals surface area contributed by atoms with Crippen LogP contribution in [-0.2, 0) is 26.1 Å².